The summed E-state index contributed by atoms with van der Waals surface area (Å²) in [7, 11) is 0. The lowest BCUT2D eigenvalue weighted by atomic mass is 10.2. The number of rotatable bonds is 2. The van der Waals surface area contributed by atoms with Crippen molar-refractivity contribution < 1.29 is 14.3 Å². The molecule has 1 aromatic rings. The number of cyclic esters (lactones) is 1. The summed E-state index contributed by atoms with van der Waals surface area (Å²) in [5.74, 6) is -0.0266. The smallest absolute Gasteiger partial charge is 0.347 e. The predicted octanol–water partition coefficient (Wildman–Crippen LogP) is 0.835. The number of hydrogen-bond acceptors (Lipinski definition) is 5. The maximum absolute atomic E-state index is 11.2. The minimum Gasteiger partial charge on any atom is -0.477 e. The van der Waals surface area contributed by atoms with Gasteiger partial charge in [-0.1, -0.05) is 0 Å². The van der Waals surface area contributed by atoms with E-state index in [1.807, 2.05) is 6.07 Å². The Bertz CT molecular complexity index is 465. The molecule has 1 aromatic carbocycles. The zero-order chi connectivity index (χ0) is 11.5. The largest absolute Gasteiger partial charge is 0.477 e. The van der Waals surface area contributed by atoms with Crippen molar-refractivity contribution in [3.8, 4) is 11.8 Å². The molecule has 1 fully saturated rings. The van der Waals surface area contributed by atoms with Gasteiger partial charge in [-0.05, 0) is 18.2 Å². The average molecular weight is 218 g/mol. The van der Waals surface area contributed by atoms with Crippen LogP contribution in [0.2, 0.25) is 0 Å². The third kappa shape index (κ3) is 1.91. The first-order valence-corrected chi connectivity index (χ1v) is 4.83. The molecule has 0 saturated carbocycles. The molecular weight excluding hydrogens is 208 g/mol. The lowest BCUT2D eigenvalue weighted by Gasteiger charge is -2.11. The minimum absolute atomic E-state index is 0.319. The number of carbonyl (C=O) groups is 1. The summed E-state index contributed by atoms with van der Waals surface area (Å²) in [6.07, 6.45) is -0.107. The Labute approximate surface area is 92.4 Å². The van der Waals surface area contributed by atoms with Crippen LogP contribution in [0.5, 0.6) is 5.75 Å². The van der Waals surface area contributed by atoms with Crippen molar-refractivity contribution in [2.24, 2.45) is 0 Å². The zero-order valence-electron chi connectivity index (χ0n) is 8.47. The van der Waals surface area contributed by atoms with Gasteiger partial charge in [0.05, 0.1) is 12.2 Å². The molecule has 1 unspecified atom stereocenters. The van der Waals surface area contributed by atoms with Crippen molar-refractivity contribution in [1.82, 2.24) is 0 Å². The maximum Gasteiger partial charge on any atom is 0.347 e. The zero-order valence-corrected chi connectivity index (χ0v) is 8.47. The van der Waals surface area contributed by atoms with E-state index in [4.69, 9.17) is 20.5 Å². The molecule has 5 nitrogen and oxygen atoms in total. The molecule has 0 spiro atoms. The molecule has 0 aliphatic carbocycles. The standard InChI is InChI=1S/C11H10N2O3/c12-6-7-5-8(13)1-2-9(7)16-10-3-4-15-11(10)14/h1-2,5,10H,3-4,13H2. The molecule has 1 atom stereocenters. The van der Waals surface area contributed by atoms with Crippen LogP contribution in [0.15, 0.2) is 18.2 Å². The Morgan fingerprint density at radius 2 is 2.38 bits per heavy atom. The fourth-order valence-electron chi connectivity index (χ4n) is 1.48. The van der Waals surface area contributed by atoms with Crippen LogP contribution in [0.4, 0.5) is 5.69 Å². The number of nitrogen functional groups attached to an aromatic ring is 1. The van der Waals surface area contributed by atoms with Gasteiger partial charge >= 0.3 is 5.97 Å². The van der Waals surface area contributed by atoms with Crippen LogP contribution in [0.3, 0.4) is 0 Å². The van der Waals surface area contributed by atoms with E-state index < -0.39 is 6.10 Å². The Hall–Kier alpha value is -2.22. The highest BCUT2D eigenvalue weighted by Crippen LogP contribution is 2.23. The number of ether oxygens (including phenoxy) is 2. The number of hydrogen-bond donors (Lipinski definition) is 1. The van der Waals surface area contributed by atoms with E-state index in [0.717, 1.165) is 0 Å². The molecule has 2 N–H and O–H groups in total. The molecule has 1 heterocycles. The monoisotopic (exact) mass is 218 g/mol. The number of carbonyl (C=O) groups excluding carboxylic acids is 1. The predicted molar refractivity (Wildman–Crippen MR) is 55.6 cm³/mol. The van der Waals surface area contributed by atoms with Gasteiger partial charge in [0.25, 0.3) is 0 Å². The Kier molecular flexibility index (Phi) is 2.64. The second-order valence-electron chi connectivity index (χ2n) is 3.43. The van der Waals surface area contributed by atoms with Crippen molar-refractivity contribution >= 4 is 11.7 Å². The molecule has 1 aliphatic heterocycles. The van der Waals surface area contributed by atoms with E-state index in [2.05, 4.69) is 0 Å². The van der Waals surface area contributed by atoms with E-state index in [-0.39, 0.29) is 5.97 Å². The van der Waals surface area contributed by atoms with Crippen LogP contribution >= 0.6 is 0 Å². The fraction of sp³-hybridized carbons (Fsp3) is 0.273. The third-order valence-electron chi connectivity index (χ3n) is 2.28. The summed E-state index contributed by atoms with van der Waals surface area (Å²) >= 11 is 0. The summed E-state index contributed by atoms with van der Waals surface area (Å²) in [6, 6.07) is 6.68. The average Bonchev–Trinajstić information content (AvgIpc) is 2.67. The number of esters is 1. The van der Waals surface area contributed by atoms with Crippen LogP contribution in [0.25, 0.3) is 0 Å². The first-order chi connectivity index (χ1) is 7.70. The molecule has 16 heavy (non-hydrogen) atoms. The van der Waals surface area contributed by atoms with Crippen molar-refractivity contribution in [3.05, 3.63) is 23.8 Å². The topological polar surface area (TPSA) is 85.3 Å². The molecule has 2 rings (SSSR count). The Balaban J connectivity index is 2.21. The van der Waals surface area contributed by atoms with E-state index in [9.17, 15) is 4.79 Å². The molecule has 0 aromatic heterocycles. The summed E-state index contributed by atoms with van der Waals surface area (Å²) in [5, 5.41) is 8.88. The van der Waals surface area contributed by atoms with Crippen LogP contribution in [-0.4, -0.2) is 18.7 Å². The van der Waals surface area contributed by atoms with E-state index in [0.29, 0.717) is 30.0 Å². The fourth-order valence-corrected chi connectivity index (χ4v) is 1.48. The van der Waals surface area contributed by atoms with Gasteiger partial charge in [-0.15, -0.1) is 0 Å². The van der Waals surface area contributed by atoms with Gasteiger partial charge in [0, 0.05) is 12.1 Å². The van der Waals surface area contributed by atoms with Gasteiger partial charge in [0.1, 0.15) is 11.8 Å². The van der Waals surface area contributed by atoms with Gasteiger partial charge in [0.2, 0.25) is 0 Å². The number of nitriles is 1. The van der Waals surface area contributed by atoms with Crippen molar-refractivity contribution in [1.29, 1.82) is 5.26 Å². The van der Waals surface area contributed by atoms with E-state index >= 15 is 0 Å². The van der Waals surface area contributed by atoms with Gasteiger partial charge < -0.3 is 15.2 Å². The quantitative estimate of drug-likeness (QED) is 0.587. The molecule has 0 radical (unpaired) electrons. The SMILES string of the molecule is N#Cc1cc(N)ccc1OC1CCOC1=O. The Morgan fingerprint density at radius 1 is 1.56 bits per heavy atom. The minimum atomic E-state index is -0.615. The molecular formula is C11H10N2O3. The maximum atomic E-state index is 11.2. The van der Waals surface area contributed by atoms with Crippen molar-refractivity contribution in [3.63, 3.8) is 0 Å². The van der Waals surface area contributed by atoms with Crippen molar-refractivity contribution in [2.45, 2.75) is 12.5 Å². The summed E-state index contributed by atoms with van der Waals surface area (Å²) in [6.45, 7) is 0.361. The van der Waals surface area contributed by atoms with Gasteiger partial charge in [-0.2, -0.15) is 5.26 Å². The van der Waals surface area contributed by atoms with E-state index in [1.165, 1.54) is 6.07 Å². The molecule has 5 heteroatoms. The highest BCUT2D eigenvalue weighted by molar-refractivity contribution is 5.77. The molecule has 1 aliphatic rings. The van der Waals surface area contributed by atoms with Crippen LogP contribution in [0, 0.1) is 11.3 Å². The van der Waals surface area contributed by atoms with Crippen molar-refractivity contribution in [2.75, 3.05) is 12.3 Å². The summed E-state index contributed by atoms with van der Waals surface area (Å²) in [4.78, 5) is 11.2. The van der Waals surface area contributed by atoms with Gasteiger partial charge in [-0.25, -0.2) is 4.79 Å². The van der Waals surface area contributed by atoms with Crippen LogP contribution in [-0.2, 0) is 9.53 Å². The summed E-state index contributed by atoms with van der Waals surface area (Å²) < 4.78 is 10.2. The second-order valence-corrected chi connectivity index (χ2v) is 3.43. The lowest BCUT2D eigenvalue weighted by molar-refractivity contribution is -0.143. The number of nitrogens with zero attached hydrogens (tertiary/aromatic N) is 1. The lowest BCUT2D eigenvalue weighted by Crippen LogP contribution is -2.22. The van der Waals surface area contributed by atoms with Gasteiger partial charge in [0.15, 0.2) is 6.10 Å². The molecule has 0 amide bonds. The third-order valence-corrected chi connectivity index (χ3v) is 2.28. The molecule has 1 saturated heterocycles. The molecule has 0 bridgehead atoms. The van der Waals surface area contributed by atoms with Gasteiger partial charge in [-0.3, -0.25) is 0 Å². The number of anilines is 1. The highest BCUT2D eigenvalue weighted by atomic mass is 16.6. The number of nitrogens with two attached hydrogens (primary N) is 1. The normalized spacial score (nSPS) is 18.9. The van der Waals surface area contributed by atoms with Crippen LogP contribution in [0.1, 0.15) is 12.0 Å². The Morgan fingerprint density at radius 3 is 3.00 bits per heavy atom. The number of benzene rings is 1. The van der Waals surface area contributed by atoms with Crippen LogP contribution < -0.4 is 10.5 Å². The van der Waals surface area contributed by atoms with E-state index in [1.54, 1.807) is 12.1 Å². The first-order valence-electron chi connectivity index (χ1n) is 4.83. The first kappa shape index (κ1) is 10.3. The highest BCUT2D eigenvalue weighted by Gasteiger charge is 2.29. The summed E-state index contributed by atoms with van der Waals surface area (Å²) in [5.41, 5.74) is 6.34. The molecule has 82 valence electrons. The second kappa shape index (κ2) is 4.11.